The minimum Gasteiger partial charge on any atom is -0.0688 e. The predicted octanol–water partition coefficient (Wildman–Crippen LogP) is 12.4. The molecule has 2 rings (SSSR count). The molecule has 2 atom stereocenters. The van der Waals surface area contributed by atoms with Gasteiger partial charge in [-0.25, -0.2) is 0 Å². The molecule has 0 amide bonds. The Bertz CT molecular complexity index is 898. The predicted molar refractivity (Wildman–Crippen MR) is 177 cm³/mol. The fraction of sp³-hybridized carbons (Fsp3) is 0.750. The minimum atomic E-state index is -1.49. The number of allylic oxidation sites excluding steroid dienone is 8. The molecule has 4 heteroatoms. The molecule has 0 N–H and O–H groups in total. The molecule has 0 heterocycles. The molecule has 0 nitrogen and oxygen atoms in total. The molecule has 206 valence electrons. The number of hydrogen-bond acceptors (Lipinski definition) is 2. The molecule has 0 bridgehead atoms. The van der Waals surface area contributed by atoms with E-state index in [-0.39, 0.29) is 21.7 Å². The standard InChI is InChI=1S/C32H58S2Si2/c1-29(2,3)21-19-23(31(7,8)9)27(35(13,14)15)25(21)33-34-26-22(30(4,5)6)20-24(32(10,11)12)28(26)36(16,17)18/h19-20,27-28H,1-18H3/t27-,28-/m0/s1. The third-order valence-corrected chi connectivity index (χ3v) is 15.3. The van der Waals surface area contributed by atoms with Gasteiger partial charge in [-0.05, 0) is 32.8 Å². The van der Waals surface area contributed by atoms with E-state index in [1.807, 2.05) is 0 Å². The van der Waals surface area contributed by atoms with Crippen LogP contribution in [0.25, 0.3) is 0 Å². The third kappa shape index (κ3) is 6.99. The summed E-state index contributed by atoms with van der Waals surface area (Å²) in [7, 11) is 1.29. The van der Waals surface area contributed by atoms with Gasteiger partial charge in [-0.3, -0.25) is 0 Å². The fourth-order valence-electron chi connectivity index (χ4n) is 5.68. The molecule has 0 aliphatic heterocycles. The van der Waals surface area contributed by atoms with Crippen molar-refractivity contribution < 1.29 is 0 Å². The summed E-state index contributed by atoms with van der Waals surface area (Å²) in [4.78, 5) is 3.33. The van der Waals surface area contributed by atoms with Crippen LogP contribution < -0.4 is 0 Å². The van der Waals surface area contributed by atoms with Gasteiger partial charge >= 0.3 is 0 Å². The summed E-state index contributed by atoms with van der Waals surface area (Å²) in [6, 6.07) is 0. The van der Waals surface area contributed by atoms with Crippen LogP contribution in [0, 0.1) is 21.7 Å². The highest BCUT2D eigenvalue weighted by atomic mass is 33.1. The number of rotatable bonds is 5. The van der Waals surface area contributed by atoms with Crippen molar-refractivity contribution in [2.75, 3.05) is 0 Å². The van der Waals surface area contributed by atoms with Gasteiger partial charge in [-0.2, -0.15) is 0 Å². The molecule has 0 aromatic carbocycles. The first-order valence-corrected chi connectivity index (χ1v) is 23.3. The summed E-state index contributed by atoms with van der Waals surface area (Å²) in [5, 5.41) is 0. The lowest BCUT2D eigenvalue weighted by molar-refractivity contribution is 0.491. The smallest absolute Gasteiger partial charge is 0.0576 e. The molecule has 0 saturated carbocycles. The summed E-state index contributed by atoms with van der Waals surface area (Å²) in [5.74, 6) is 0. The molecule has 2 aliphatic carbocycles. The van der Waals surface area contributed by atoms with Crippen LogP contribution in [0.5, 0.6) is 0 Å². The van der Waals surface area contributed by atoms with E-state index in [4.69, 9.17) is 0 Å². The lowest BCUT2D eigenvalue weighted by Gasteiger charge is -2.38. The molecule has 0 fully saturated rings. The third-order valence-electron chi connectivity index (χ3n) is 7.58. The van der Waals surface area contributed by atoms with E-state index in [0.717, 1.165) is 0 Å². The quantitative estimate of drug-likeness (QED) is 0.241. The first kappa shape index (κ1) is 32.3. The highest BCUT2D eigenvalue weighted by Crippen LogP contribution is 2.64. The molecule has 2 aliphatic rings. The molecule has 36 heavy (non-hydrogen) atoms. The van der Waals surface area contributed by atoms with Crippen molar-refractivity contribution in [3.8, 4) is 0 Å². The van der Waals surface area contributed by atoms with E-state index in [1.165, 1.54) is 0 Å². The van der Waals surface area contributed by atoms with Gasteiger partial charge in [0.1, 0.15) is 0 Å². The van der Waals surface area contributed by atoms with Gasteiger partial charge in [0.2, 0.25) is 0 Å². The Morgan fingerprint density at radius 3 is 0.889 bits per heavy atom. The molecule has 0 radical (unpaired) electrons. The van der Waals surface area contributed by atoms with Gasteiger partial charge in [0.25, 0.3) is 0 Å². The zero-order valence-corrected chi connectivity index (χ0v) is 30.8. The summed E-state index contributed by atoms with van der Waals surface area (Å²) in [6.07, 6.45) is 5.24. The second-order valence-electron chi connectivity index (χ2n) is 17.5. The van der Waals surface area contributed by atoms with E-state index in [0.29, 0.717) is 11.1 Å². The molecule has 0 aromatic rings. The lowest BCUT2D eigenvalue weighted by atomic mass is 9.83. The average molecular weight is 563 g/mol. The average Bonchev–Trinajstić information content (AvgIpc) is 3.17. The van der Waals surface area contributed by atoms with Crippen molar-refractivity contribution in [3.63, 3.8) is 0 Å². The van der Waals surface area contributed by atoms with Gasteiger partial charge in [0.05, 0.1) is 16.1 Å². The lowest BCUT2D eigenvalue weighted by Crippen LogP contribution is -2.33. The topological polar surface area (TPSA) is 0 Å². The molecule has 0 spiro atoms. The van der Waals surface area contributed by atoms with Crippen molar-refractivity contribution in [2.24, 2.45) is 21.7 Å². The van der Waals surface area contributed by atoms with E-state index in [9.17, 15) is 0 Å². The van der Waals surface area contributed by atoms with Crippen molar-refractivity contribution in [3.05, 3.63) is 44.3 Å². The van der Waals surface area contributed by atoms with Gasteiger partial charge in [-0.1, -0.05) is 167 Å². The van der Waals surface area contributed by atoms with E-state index >= 15 is 0 Å². The van der Waals surface area contributed by atoms with Gasteiger partial charge in [0, 0.05) is 20.9 Å². The summed E-state index contributed by atoms with van der Waals surface area (Å²) in [5.41, 5.74) is 8.40. The monoisotopic (exact) mass is 562 g/mol. The van der Waals surface area contributed by atoms with Crippen LogP contribution >= 0.6 is 21.6 Å². The van der Waals surface area contributed by atoms with Crippen LogP contribution in [-0.2, 0) is 0 Å². The second kappa shape index (κ2) is 9.93. The molecular weight excluding hydrogens is 505 g/mol. The number of hydrogen-bond donors (Lipinski definition) is 0. The molecule has 0 aromatic heterocycles. The van der Waals surface area contributed by atoms with Gasteiger partial charge in [-0.15, -0.1) is 0 Å². The maximum Gasteiger partial charge on any atom is 0.0576 e. The van der Waals surface area contributed by atoms with Gasteiger partial charge in [0.15, 0.2) is 0 Å². The van der Waals surface area contributed by atoms with Crippen molar-refractivity contribution in [1.29, 1.82) is 0 Å². The Balaban J connectivity index is 2.68. The summed E-state index contributed by atoms with van der Waals surface area (Å²) >= 11 is 0. The Kier molecular flexibility index (Phi) is 8.91. The maximum atomic E-state index is 2.62. The zero-order chi connectivity index (χ0) is 28.4. The molecule has 0 unspecified atom stereocenters. The van der Waals surface area contributed by atoms with E-state index in [1.54, 1.807) is 32.1 Å². The van der Waals surface area contributed by atoms with Crippen LogP contribution in [0.3, 0.4) is 0 Å². The Morgan fingerprint density at radius 2 is 0.722 bits per heavy atom. The summed E-state index contributed by atoms with van der Waals surface area (Å²) in [6.45, 7) is 44.5. The first-order valence-electron chi connectivity index (χ1n) is 14.0. The van der Waals surface area contributed by atoms with Crippen LogP contribution in [0.1, 0.15) is 83.1 Å². The second-order valence-corrected chi connectivity index (χ2v) is 30.4. The van der Waals surface area contributed by atoms with Crippen LogP contribution in [0.2, 0.25) is 50.4 Å². The fourth-order valence-corrected chi connectivity index (χ4v) is 16.6. The van der Waals surface area contributed by atoms with Crippen LogP contribution in [0.4, 0.5) is 0 Å². The zero-order valence-electron chi connectivity index (χ0n) is 27.1. The van der Waals surface area contributed by atoms with Crippen LogP contribution in [-0.4, -0.2) is 16.1 Å². The van der Waals surface area contributed by atoms with Crippen molar-refractivity contribution >= 4 is 37.7 Å². The Labute approximate surface area is 236 Å². The normalized spacial score (nSPS) is 23.1. The highest BCUT2D eigenvalue weighted by Gasteiger charge is 2.47. The Hall–Kier alpha value is 0.0938. The maximum absolute atomic E-state index is 2.62. The molecule has 0 saturated heterocycles. The summed E-state index contributed by atoms with van der Waals surface area (Å²) < 4.78 is 0. The van der Waals surface area contributed by atoms with Crippen molar-refractivity contribution in [1.82, 2.24) is 0 Å². The minimum absolute atomic E-state index is 0.151. The first-order chi connectivity index (χ1) is 15.7. The Morgan fingerprint density at radius 1 is 0.472 bits per heavy atom. The van der Waals surface area contributed by atoms with Crippen molar-refractivity contribution in [2.45, 2.75) is 133 Å². The van der Waals surface area contributed by atoms with Crippen LogP contribution in [0.15, 0.2) is 44.3 Å². The molecular formula is C32H58S2Si2. The van der Waals surface area contributed by atoms with E-state index < -0.39 is 16.1 Å². The van der Waals surface area contributed by atoms with Gasteiger partial charge < -0.3 is 0 Å². The highest BCUT2D eigenvalue weighted by molar-refractivity contribution is 8.79. The SMILES string of the molecule is CC(C)(C)C1=CC(C(C)(C)C)=C(SSC2=C(C(C)(C)C)C=C(C(C)(C)C)[C@@H]2[Si](C)(C)C)[C@H]1[Si](C)(C)C. The van der Waals surface area contributed by atoms with E-state index in [2.05, 4.69) is 156 Å². The largest absolute Gasteiger partial charge is 0.0688 e.